The molecule has 2 fully saturated rings. The maximum absolute atomic E-state index is 12.9. The smallest absolute Gasteiger partial charge is 0.251 e. The highest BCUT2D eigenvalue weighted by Gasteiger charge is 2.28. The van der Waals surface area contributed by atoms with Gasteiger partial charge in [-0.3, -0.25) is 9.69 Å². The van der Waals surface area contributed by atoms with Gasteiger partial charge in [0, 0.05) is 43.3 Å². The van der Waals surface area contributed by atoms with E-state index in [4.69, 9.17) is 16.3 Å². The summed E-state index contributed by atoms with van der Waals surface area (Å²) in [6.45, 7) is 4.29. The minimum absolute atomic E-state index is 0.0309. The highest BCUT2D eigenvalue weighted by molar-refractivity contribution is 7.89. The predicted molar refractivity (Wildman–Crippen MR) is 123 cm³/mol. The first-order valence-electron chi connectivity index (χ1n) is 10.9. The van der Waals surface area contributed by atoms with E-state index >= 15 is 0 Å². The molecule has 0 saturated carbocycles. The molecule has 1 unspecified atom stereocenters. The fourth-order valence-corrected chi connectivity index (χ4v) is 5.89. The van der Waals surface area contributed by atoms with E-state index in [0.717, 1.165) is 31.5 Å². The summed E-state index contributed by atoms with van der Waals surface area (Å²) in [5.74, 6) is -0.296. The summed E-state index contributed by atoms with van der Waals surface area (Å²) in [6, 6.07) is 13.9. The van der Waals surface area contributed by atoms with Crippen LogP contribution in [0.15, 0.2) is 53.4 Å². The number of ether oxygens (including phenoxy) is 1. The van der Waals surface area contributed by atoms with Crippen LogP contribution in [0, 0.1) is 0 Å². The molecule has 1 atom stereocenters. The molecular formula is C23H28ClN3O4S. The van der Waals surface area contributed by atoms with E-state index < -0.39 is 10.0 Å². The summed E-state index contributed by atoms with van der Waals surface area (Å²) in [4.78, 5) is 15.4. The Morgan fingerprint density at radius 2 is 1.72 bits per heavy atom. The average molecular weight is 478 g/mol. The monoisotopic (exact) mass is 477 g/mol. The Balaban J connectivity index is 1.49. The number of sulfonamides is 1. The van der Waals surface area contributed by atoms with Gasteiger partial charge in [-0.15, -0.1) is 0 Å². The first-order chi connectivity index (χ1) is 15.4. The van der Waals surface area contributed by atoms with Crippen LogP contribution < -0.4 is 5.32 Å². The first kappa shape index (κ1) is 23.2. The van der Waals surface area contributed by atoms with E-state index in [1.807, 2.05) is 24.3 Å². The van der Waals surface area contributed by atoms with Crippen LogP contribution in [0.3, 0.4) is 0 Å². The van der Waals surface area contributed by atoms with Crippen molar-refractivity contribution in [1.29, 1.82) is 0 Å². The minimum Gasteiger partial charge on any atom is -0.379 e. The van der Waals surface area contributed by atoms with Gasteiger partial charge in [0.15, 0.2) is 0 Å². The number of benzene rings is 2. The van der Waals surface area contributed by atoms with Crippen molar-refractivity contribution in [2.24, 2.45) is 0 Å². The van der Waals surface area contributed by atoms with Crippen LogP contribution >= 0.6 is 11.6 Å². The fourth-order valence-electron chi connectivity index (χ4n) is 4.20. The number of carbonyl (C=O) groups excluding carboxylic acids is 1. The van der Waals surface area contributed by atoms with E-state index in [-0.39, 0.29) is 16.8 Å². The summed E-state index contributed by atoms with van der Waals surface area (Å²) in [5.41, 5.74) is 1.39. The number of amides is 1. The largest absolute Gasteiger partial charge is 0.379 e. The van der Waals surface area contributed by atoms with Gasteiger partial charge in [-0.1, -0.05) is 29.8 Å². The lowest BCUT2D eigenvalue weighted by Crippen LogP contribution is -2.43. The molecule has 1 N–H and O–H groups in total. The van der Waals surface area contributed by atoms with E-state index in [0.29, 0.717) is 43.4 Å². The van der Waals surface area contributed by atoms with Gasteiger partial charge in [0.2, 0.25) is 10.0 Å². The summed E-state index contributed by atoms with van der Waals surface area (Å²) in [7, 11) is -3.57. The van der Waals surface area contributed by atoms with Crippen LogP contribution in [-0.4, -0.2) is 69.5 Å². The zero-order valence-corrected chi connectivity index (χ0v) is 19.4. The van der Waals surface area contributed by atoms with Crippen molar-refractivity contribution < 1.29 is 17.9 Å². The van der Waals surface area contributed by atoms with Crippen LogP contribution in [-0.2, 0) is 14.8 Å². The third-order valence-corrected chi connectivity index (χ3v) is 8.14. The van der Waals surface area contributed by atoms with Gasteiger partial charge in [0.25, 0.3) is 5.91 Å². The Labute approximate surface area is 194 Å². The Hall–Kier alpha value is -1.97. The minimum atomic E-state index is -3.57. The lowest BCUT2D eigenvalue weighted by Gasteiger charge is -2.35. The van der Waals surface area contributed by atoms with Crippen LogP contribution in [0.1, 0.15) is 34.8 Å². The molecule has 0 aromatic heterocycles. The summed E-state index contributed by atoms with van der Waals surface area (Å²) in [5, 5.41) is 3.66. The number of nitrogens with one attached hydrogen (secondary N) is 1. The molecule has 2 aromatic carbocycles. The molecular weight excluding hydrogens is 450 g/mol. The third-order valence-electron chi connectivity index (χ3n) is 6.00. The summed E-state index contributed by atoms with van der Waals surface area (Å²) in [6.07, 6.45) is 1.74. The van der Waals surface area contributed by atoms with E-state index in [1.54, 1.807) is 18.2 Å². The molecule has 1 amide bonds. The van der Waals surface area contributed by atoms with Gasteiger partial charge in [-0.05, 0) is 48.7 Å². The first-order valence-corrected chi connectivity index (χ1v) is 12.7. The molecule has 9 heteroatoms. The van der Waals surface area contributed by atoms with Crippen molar-refractivity contribution in [2.75, 3.05) is 45.9 Å². The summed E-state index contributed by atoms with van der Waals surface area (Å²) < 4.78 is 32.7. The third kappa shape index (κ3) is 5.32. The SMILES string of the molecule is O=C(NCC(c1ccc(Cl)cc1)N1CCOCC1)c1cccc(S(=O)(=O)N2CCCC2)c1. The van der Waals surface area contributed by atoms with Gasteiger partial charge < -0.3 is 10.1 Å². The number of morpholine rings is 1. The van der Waals surface area contributed by atoms with Gasteiger partial charge in [0.05, 0.1) is 24.2 Å². The van der Waals surface area contributed by atoms with Gasteiger partial charge >= 0.3 is 0 Å². The topological polar surface area (TPSA) is 79.0 Å². The van der Waals surface area contributed by atoms with Crippen molar-refractivity contribution >= 4 is 27.5 Å². The molecule has 2 aliphatic heterocycles. The van der Waals surface area contributed by atoms with E-state index in [2.05, 4.69) is 10.2 Å². The highest BCUT2D eigenvalue weighted by Crippen LogP contribution is 2.24. The maximum Gasteiger partial charge on any atom is 0.251 e. The van der Waals surface area contributed by atoms with Crippen molar-refractivity contribution in [1.82, 2.24) is 14.5 Å². The van der Waals surface area contributed by atoms with Crippen LogP contribution in [0.2, 0.25) is 5.02 Å². The molecule has 4 rings (SSSR count). The summed E-state index contributed by atoms with van der Waals surface area (Å²) >= 11 is 6.05. The van der Waals surface area contributed by atoms with Gasteiger partial charge in [0.1, 0.15) is 0 Å². The zero-order valence-electron chi connectivity index (χ0n) is 17.9. The second-order valence-corrected chi connectivity index (χ2v) is 10.4. The molecule has 0 radical (unpaired) electrons. The average Bonchev–Trinajstić information content (AvgIpc) is 3.37. The molecule has 0 aliphatic carbocycles. The molecule has 0 bridgehead atoms. The maximum atomic E-state index is 12.9. The molecule has 2 heterocycles. The van der Waals surface area contributed by atoms with E-state index in [1.165, 1.54) is 10.4 Å². The quantitative estimate of drug-likeness (QED) is 0.663. The van der Waals surface area contributed by atoms with E-state index in [9.17, 15) is 13.2 Å². The van der Waals surface area contributed by atoms with Crippen molar-refractivity contribution in [3.8, 4) is 0 Å². The molecule has 172 valence electrons. The Bertz CT molecular complexity index is 1030. The Morgan fingerprint density at radius 1 is 1.03 bits per heavy atom. The lowest BCUT2D eigenvalue weighted by atomic mass is 10.0. The van der Waals surface area contributed by atoms with Gasteiger partial charge in [-0.2, -0.15) is 4.31 Å². The molecule has 2 aromatic rings. The molecule has 0 spiro atoms. The van der Waals surface area contributed by atoms with Gasteiger partial charge in [-0.25, -0.2) is 8.42 Å². The number of halogens is 1. The number of carbonyl (C=O) groups is 1. The standard InChI is InChI=1S/C23H28ClN3O4S/c24-20-8-6-18(7-9-20)22(26-12-14-31-15-13-26)17-25-23(28)19-4-3-5-21(16-19)32(29,30)27-10-1-2-11-27/h3-9,16,22H,1-2,10-15,17H2,(H,25,28). The number of hydrogen-bond acceptors (Lipinski definition) is 5. The second kappa shape index (κ2) is 10.3. The van der Waals surface area contributed by atoms with Crippen molar-refractivity contribution in [3.63, 3.8) is 0 Å². The Kier molecular flexibility index (Phi) is 7.48. The fraction of sp³-hybridized carbons (Fsp3) is 0.435. The molecule has 2 saturated heterocycles. The lowest BCUT2D eigenvalue weighted by molar-refractivity contribution is 0.0162. The number of nitrogens with zero attached hydrogens (tertiary/aromatic N) is 2. The normalized spacial score (nSPS) is 19.0. The molecule has 7 nitrogen and oxygen atoms in total. The van der Waals surface area contributed by atoms with Crippen LogP contribution in [0.4, 0.5) is 0 Å². The van der Waals surface area contributed by atoms with Crippen molar-refractivity contribution in [3.05, 3.63) is 64.7 Å². The highest BCUT2D eigenvalue weighted by atomic mass is 35.5. The van der Waals surface area contributed by atoms with Crippen molar-refractivity contribution in [2.45, 2.75) is 23.8 Å². The second-order valence-electron chi connectivity index (χ2n) is 8.06. The van der Waals surface area contributed by atoms with Crippen LogP contribution in [0.5, 0.6) is 0 Å². The molecule has 32 heavy (non-hydrogen) atoms. The zero-order chi connectivity index (χ0) is 22.6. The predicted octanol–water partition coefficient (Wildman–Crippen LogP) is 2.93. The Morgan fingerprint density at radius 3 is 2.41 bits per heavy atom. The number of hydrogen-bond donors (Lipinski definition) is 1. The molecule has 2 aliphatic rings. The van der Waals surface area contributed by atoms with Crippen LogP contribution in [0.25, 0.3) is 0 Å². The number of rotatable bonds is 7.